The minimum atomic E-state index is -4.60. The average Bonchev–Trinajstić information content (AvgIpc) is 2.78. The van der Waals surface area contributed by atoms with Gasteiger partial charge in [0.2, 0.25) is 0 Å². The zero-order chi connectivity index (χ0) is 23.0. The van der Waals surface area contributed by atoms with Gasteiger partial charge in [0.1, 0.15) is 17.3 Å². The number of aliphatic carboxylic acids is 1. The Morgan fingerprint density at radius 1 is 1.12 bits per heavy atom. The molecule has 8 nitrogen and oxygen atoms in total. The van der Waals surface area contributed by atoms with Crippen molar-refractivity contribution in [3.63, 3.8) is 0 Å². The molecular formula is C21H14F3N5O3. The number of carboxylic acid groups (broad SMARTS) is 1. The van der Waals surface area contributed by atoms with E-state index in [2.05, 4.69) is 19.9 Å². The summed E-state index contributed by atoms with van der Waals surface area (Å²) in [6, 6.07) is 5.55. The predicted octanol–water partition coefficient (Wildman–Crippen LogP) is 3.58. The molecule has 0 aliphatic carbocycles. The quantitative estimate of drug-likeness (QED) is 0.515. The first-order chi connectivity index (χ1) is 15.2. The van der Waals surface area contributed by atoms with Crippen molar-refractivity contribution in [1.82, 2.24) is 24.5 Å². The lowest BCUT2D eigenvalue weighted by Gasteiger charge is -2.13. The zero-order valence-electron chi connectivity index (χ0n) is 16.4. The third kappa shape index (κ3) is 3.80. The molecule has 0 spiro atoms. The van der Waals surface area contributed by atoms with E-state index in [9.17, 15) is 27.9 Å². The van der Waals surface area contributed by atoms with Crippen LogP contribution in [0.1, 0.15) is 18.7 Å². The van der Waals surface area contributed by atoms with Crippen LogP contribution in [0.2, 0.25) is 0 Å². The van der Waals surface area contributed by atoms with Crippen molar-refractivity contribution in [3.05, 3.63) is 71.3 Å². The highest BCUT2D eigenvalue weighted by atomic mass is 19.4. The standard InChI is InChI=1S/C21H14F3N5O3/c1-11(20(31)32)29-10-27-18-14(19(29)30)7-15(28-17(18)13-3-2-6-25-8-13)12-4-5-16(26-9-12)21(22,23)24/h2-11H,1H3,(H,31,32). The summed E-state index contributed by atoms with van der Waals surface area (Å²) in [5.74, 6) is -1.22. The summed E-state index contributed by atoms with van der Waals surface area (Å²) in [5, 5.41) is 9.34. The lowest BCUT2D eigenvalue weighted by Crippen LogP contribution is -2.28. The fraction of sp³-hybridized carbons (Fsp3) is 0.143. The summed E-state index contributed by atoms with van der Waals surface area (Å²) in [6.45, 7) is 1.33. The monoisotopic (exact) mass is 441 g/mol. The molecule has 0 fully saturated rings. The number of pyridine rings is 3. The minimum absolute atomic E-state index is 0.0596. The number of nitrogens with zero attached hydrogens (tertiary/aromatic N) is 5. The van der Waals surface area contributed by atoms with Gasteiger partial charge in [-0.15, -0.1) is 0 Å². The number of aromatic nitrogens is 5. The normalized spacial score (nSPS) is 12.6. The summed E-state index contributed by atoms with van der Waals surface area (Å²) in [6.07, 6.45) is 0.595. The third-order valence-electron chi connectivity index (χ3n) is 4.83. The van der Waals surface area contributed by atoms with E-state index in [0.29, 0.717) is 5.56 Å². The average molecular weight is 441 g/mol. The number of hydrogen-bond acceptors (Lipinski definition) is 6. The molecule has 1 unspecified atom stereocenters. The molecule has 32 heavy (non-hydrogen) atoms. The van der Waals surface area contributed by atoms with Gasteiger partial charge in [0.15, 0.2) is 0 Å². The number of carbonyl (C=O) groups is 1. The second kappa shape index (κ2) is 7.84. The van der Waals surface area contributed by atoms with Crippen molar-refractivity contribution in [2.45, 2.75) is 19.1 Å². The molecule has 0 saturated carbocycles. The van der Waals surface area contributed by atoms with Gasteiger partial charge in [-0.3, -0.25) is 19.3 Å². The molecule has 4 aromatic heterocycles. The van der Waals surface area contributed by atoms with Crippen LogP contribution in [0.3, 0.4) is 0 Å². The Morgan fingerprint density at radius 3 is 2.50 bits per heavy atom. The van der Waals surface area contributed by atoms with Crippen molar-refractivity contribution in [2.75, 3.05) is 0 Å². The zero-order valence-corrected chi connectivity index (χ0v) is 16.4. The van der Waals surface area contributed by atoms with E-state index in [-0.39, 0.29) is 27.9 Å². The van der Waals surface area contributed by atoms with Crippen molar-refractivity contribution < 1.29 is 23.1 Å². The van der Waals surface area contributed by atoms with Crippen LogP contribution in [0.4, 0.5) is 13.2 Å². The van der Waals surface area contributed by atoms with E-state index in [4.69, 9.17) is 0 Å². The number of halogens is 3. The van der Waals surface area contributed by atoms with Crippen LogP contribution >= 0.6 is 0 Å². The molecule has 0 aliphatic heterocycles. The van der Waals surface area contributed by atoms with Crippen molar-refractivity contribution >= 4 is 16.9 Å². The van der Waals surface area contributed by atoms with E-state index < -0.39 is 29.4 Å². The van der Waals surface area contributed by atoms with E-state index in [1.165, 1.54) is 25.3 Å². The van der Waals surface area contributed by atoms with Crippen LogP contribution in [0, 0.1) is 0 Å². The number of hydrogen-bond donors (Lipinski definition) is 1. The number of rotatable bonds is 4. The Morgan fingerprint density at radius 2 is 1.91 bits per heavy atom. The molecule has 0 aliphatic rings. The summed E-state index contributed by atoms with van der Waals surface area (Å²) in [4.78, 5) is 40.7. The first-order valence-electron chi connectivity index (χ1n) is 9.25. The van der Waals surface area contributed by atoms with Gasteiger partial charge in [-0.25, -0.2) is 14.8 Å². The van der Waals surface area contributed by atoms with Crippen LogP contribution in [0.15, 0.2) is 60.0 Å². The van der Waals surface area contributed by atoms with E-state index in [1.54, 1.807) is 18.3 Å². The first-order valence-corrected chi connectivity index (χ1v) is 9.25. The molecule has 0 saturated heterocycles. The Bertz CT molecular complexity index is 1370. The van der Waals surface area contributed by atoms with Gasteiger partial charge in [-0.05, 0) is 37.3 Å². The maximum Gasteiger partial charge on any atom is 0.433 e. The van der Waals surface area contributed by atoms with E-state index in [0.717, 1.165) is 23.2 Å². The maximum absolute atomic E-state index is 13.1. The van der Waals surface area contributed by atoms with Gasteiger partial charge in [0, 0.05) is 29.7 Å². The van der Waals surface area contributed by atoms with Crippen LogP contribution in [0.25, 0.3) is 33.4 Å². The molecule has 0 bridgehead atoms. The molecule has 162 valence electrons. The summed E-state index contributed by atoms with van der Waals surface area (Å²) < 4.78 is 39.6. The highest BCUT2D eigenvalue weighted by Crippen LogP contribution is 2.31. The summed E-state index contributed by atoms with van der Waals surface area (Å²) in [5.41, 5.74) is -0.260. The lowest BCUT2D eigenvalue weighted by atomic mass is 10.1. The van der Waals surface area contributed by atoms with E-state index in [1.807, 2.05) is 0 Å². The fourth-order valence-electron chi connectivity index (χ4n) is 3.10. The molecule has 0 amide bonds. The topological polar surface area (TPSA) is 111 Å². The van der Waals surface area contributed by atoms with Gasteiger partial charge < -0.3 is 5.11 Å². The van der Waals surface area contributed by atoms with Crippen molar-refractivity contribution in [3.8, 4) is 22.5 Å². The van der Waals surface area contributed by atoms with Gasteiger partial charge in [0.25, 0.3) is 5.56 Å². The van der Waals surface area contributed by atoms with Crippen LogP contribution in [0.5, 0.6) is 0 Å². The molecule has 4 aromatic rings. The molecule has 4 rings (SSSR count). The maximum atomic E-state index is 13.1. The molecule has 0 aromatic carbocycles. The van der Waals surface area contributed by atoms with Crippen LogP contribution in [-0.2, 0) is 11.0 Å². The lowest BCUT2D eigenvalue weighted by molar-refractivity contribution is -0.141. The van der Waals surface area contributed by atoms with Gasteiger partial charge in [-0.1, -0.05) is 0 Å². The summed E-state index contributed by atoms with van der Waals surface area (Å²) in [7, 11) is 0. The largest absolute Gasteiger partial charge is 0.480 e. The SMILES string of the molecule is CC(C(=O)O)n1cnc2c(-c3cccnc3)nc(-c3ccc(C(F)(F)F)nc3)cc2c1=O. The minimum Gasteiger partial charge on any atom is -0.480 e. The van der Waals surface area contributed by atoms with Gasteiger partial charge in [-0.2, -0.15) is 13.2 Å². The molecule has 0 radical (unpaired) electrons. The smallest absolute Gasteiger partial charge is 0.433 e. The number of fused-ring (bicyclic) bond motifs is 1. The van der Waals surface area contributed by atoms with E-state index >= 15 is 0 Å². The van der Waals surface area contributed by atoms with Crippen molar-refractivity contribution in [1.29, 1.82) is 0 Å². The van der Waals surface area contributed by atoms with Crippen molar-refractivity contribution in [2.24, 2.45) is 0 Å². The molecule has 4 heterocycles. The Hall–Kier alpha value is -4.15. The molecule has 1 N–H and O–H groups in total. The second-order valence-corrected chi connectivity index (χ2v) is 6.90. The molecule has 1 atom stereocenters. The van der Waals surface area contributed by atoms with Gasteiger partial charge >= 0.3 is 12.1 Å². The van der Waals surface area contributed by atoms with Crippen LogP contribution < -0.4 is 5.56 Å². The Balaban J connectivity index is 1.98. The predicted molar refractivity (Wildman–Crippen MR) is 108 cm³/mol. The number of carboxylic acids is 1. The molecule has 11 heteroatoms. The van der Waals surface area contributed by atoms with Gasteiger partial charge in [0.05, 0.1) is 23.1 Å². The highest BCUT2D eigenvalue weighted by molar-refractivity contribution is 5.93. The summed E-state index contributed by atoms with van der Waals surface area (Å²) >= 11 is 0. The highest BCUT2D eigenvalue weighted by Gasteiger charge is 2.32. The number of alkyl halides is 3. The fourth-order valence-corrected chi connectivity index (χ4v) is 3.10. The molecular weight excluding hydrogens is 427 g/mol. The first kappa shape index (κ1) is 21.1. The Labute approximate surface area is 178 Å². The van der Waals surface area contributed by atoms with Crippen LogP contribution in [-0.4, -0.2) is 35.6 Å². The Kier molecular flexibility index (Phi) is 5.17. The second-order valence-electron chi connectivity index (χ2n) is 6.90. The third-order valence-corrected chi connectivity index (χ3v) is 4.83.